The number of ether oxygens (including phenoxy) is 2. The molecule has 0 atom stereocenters. The molecule has 1 aromatic heterocycles. The van der Waals surface area contributed by atoms with Crippen LogP contribution < -0.4 is 14.8 Å². The summed E-state index contributed by atoms with van der Waals surface area (Å²) in [6.45, 7) is 0. The van der Waals surface area contributed by atoms with Gasteiger partial charge < -0.3 is 19.8 Å². The molecule has 1 heterocycles. The van der Waals surface area contributed by atoms with Crippen LogP contribution >= 0.6 is 0 Å². The summed E-state index contributed by atoms with van der Waals surface area (Å²) in [5, 5.41) is 3.87. The number of hydrogen-bond donors (Lipinski definition) is 2. The van der Waals surface area contributed by atoms with Gasteiger partial charge in [-0.3, -0.25) is 4.79 Å². The Morgan fingerprint density at radius 2 is 1.96 bits per heavy atom. The largest absolute Gasteiger partial charge is 0.497 e. The Hall–Kier alpha value is -2.95. The van der Waals surface area contributed by atoms with E-state index >= 15 is 0 Å². The molecule has 0 saturated carbocycles. The second-order valence-electron chi connectivity index (χ2n) is 5.15. The van der Waals surface area contributed by atoms with E-state index in [1.54, 1.807) is 14.2 Å². The number of nitrogens with one attached hydrogen (secondary N) is 2. The minimum Gasteiger partial charge on any atom is -0.497 e. The molecule has 0 spiro atoms. The molecule has 5 nitrogen and oxygen atoms in total. The van der Waals surface area contributed by atoms with Crippen LogP contribution in [0.3, 0.4) is 0 Å². The van der Waals surface area contributed by atoms with Crippen LogP contribution in [0.15, 0.2) is 48.7 Å². The zero-order valence-electron chi connectivity index (χ0n) is 13.1. The number of rotatable bonds is 5. The summed E-state index contributed by atoms with van der Waals surface area (Å²) in [7, 11) is 3.21. The van der Waals surface area contributed by atoms with Crippen molar-refractivity contribution < 1.29 is 14.3 Å². The van der Waals surface area contributed by atoms with Gasteiger partial charge in [0.05, 0.1) is 26.3 Å². The second-order valence-corrected chi connectivity index (χ2v) is 5.15. The van der Waals surface area contributed by atoms with Gasteiger partial charge in [-0.1, -0.05) is 12.1 Å². The van der Waals surface area contributed by atoms with Gasteiger partial charge in [-0.25, -0.2) is 0 Å². The van der Waals surface area contributed by atoms with Gasteiger partial charge in [0.15, 0.2) is 0 Å². The number of carbonyl (C=O) groups is 1. The maximum absolute atomic E-state index is 12.3. The zero-order valence-corrected chi connectivity index (χ0v) is 13.1. The first kappa shape index (κ1) is 15.0. The number of fused-ring (bicyclic) bond motifs is 1. The predicted octanol–water partition coefficient (Wildman–Crippen LogP) is 3.37. The zero-order chi connectivity index (χ0) is 16.2. The Morgan fingerprint density at radius 1 is 1.13 bits per heavy atom. The average Bonchev–Trinajstić information content (AvgIpc) is 2.97. The number of methoxy groups -OCH3 is 2. The quantitative estimate of drug-likeness (QED) is 0.759. The molecule has 3 rings (SSSR count). The van der Waals surface area contributed by atoms with Gasteiger partial charge in [0.2, 0.25) is 5.91 Å². The summed E-state index contributed by atoms with van der Waals surface area (Å²) in [5.41, 5.74) is 2.56. The lowest BCUT2D eigenvalue weighted by Gasteiger charge is -2.09. The van der Waals surface area contributed by atoms with Crippen molar-refractivity contribution in [1.29, 1.82) is 0 Å². The topological polar surface area (TPSA) is 63.4 Å². The standard InChI is InChI=1S/C18H18N2O3/c1-22-13-7-8-15-14(10-13)12(11-19-15)9-18(21)20-16-5-3-4-6-17(16)23-2/h3-8,10-11,19H,9H2,1-2H3,(H,20,21). The summed E-state index contributed by atoms with van der Waals surface area (Å²) in [4.78, 5) is 15.5. The highest BCUT2D eigenvalue weighted by atomic mass is 16.5. The number of aromatic amines is 1. The minimum absolute atomic E-state index is 0.0989. The van der Waals surface area contributed by atoms with Crippen LogP contribution in [0.5, 0.6) is 11.5 Å². The molecule has 118 valence electrons. The fourth-order valence-corrected chi connectivity index (χ4v) is 2.55. The first-order valence-electron chi connectivity index (χ1n) is 7.28. The molecular formula is C18H18N2O3. The van der Waals surface area contributed by atoms with Gasteiger partial charge in [0.1, 0.15) is 11.5 Å². The minimum atomic E-state index is -0.0989. The number of para-hydroxylation sites is 2. The molecule has 0 unspecified atom stereocenters. The molecule has 5 heteroatoms. The third kappa shape index (κ3) is 3.13. The second kappa shape index (κ2) is 6.44. The molecule has 0 aliphatic carbocycles. The number of H-pyrrole nitrogens is 1. The Kier molecular flexibility index (Phi) is 4.19. The molecule has 2 aromatic carbocycles. The van der Waals surface area contributed by atoms with E-state index in [1.165, 1.54) is 0 Å². The summed E-state index contributed by atoms with van der Waals surface area (Å²) < 4.78 is 10.5. The van der Waals surface area contributed by atoms with E-state index < -0.39 is 0 Å². The van der Waals surface area contributed by atoms with Crippen molar-refractivity contribution >= 4 is 22.5 Å². The summed E-state index contributed by atoms with van der Waals surface area (Å²) in [5.74, 6) is 1.31. The van der Waals surface area contributed by atoms with Gasteiger partial charge in [-0.2, -0.15) is 0 Å². The molecule has 23 heavy (non-hydrogen) atoms. The van der Waals surface area contributed by atoms with Crippen molar-refractivity contribution in [2.45, 2.75) is 6.42 Å². The van der Waals surface area contributed by atoms with Crippen molar-refractivity contribution in [3.05, 3.63) is 54.2 Å². The van der Waals surface area contributed by atoms with E-state index in [9.17, 15) is 4.79 Å². The molecule has 2 N–H and O–H groups in total. The molecule has 0 radical (unpaired) electrons. The number of hydrogen-bond acceptors (Lipinski definition) is 3. The molecule has 1 amide bonds. The Bertz CT molecular complexity index is 839. The molecule has 0 fully saturated rings. The molecule has 0 aliphatic heterocycles. The third-order valence-corrected chi connectivity index (χ3v) is 3.71. The van der Waals surface area contributed by atoms with Crippen LogP contribution in [0.4, 0.5) is 5.69 Å². The third-order valence-electron chi connectivity index (χ3n) is 3.71. The molecule has 0 aliphatic rings. The summed E-state index contributed by atoms with van der Waals surface area (Å²) >= 11 is 0. The number of carbonyl (C=O) groups excluding carboxylic acids is 1. The predicted molar refractivity (Wildman–Crippen MR) is 90.2 cm³/mol. The lowest BCUT2D eigenvalue weighted by atomic mass is 10.1. The van der Waals surface area contributed by atoms with E-state index in [1.807, 2.05) is 48.7 Å². The lowest BCUT2D eigenvalue weighted by molar-refractivity contribution is -0.115. The summed E-state index contributed by atoms with van der Waals surface area (Å²) in [6.07, 6.45) is 2.12. The van der Waals surface area contributed by atoms with Gasteiger partial charge >= 0.3 is 0 Å². The molecule has 3 aromatic rings. The van der Waals surface area contributed by atoms with E-state index in [-0.39, 0.29) is 12.3 Å². The van der Waals surface area contributed by atoms with Crippen LogP contribution in [0.25, 0.3) is 10.9 Å². The average molecular weight is 310 g/mol. The SMILES string of the molecule is COc1ccc2[nH]cc(CC(=O)Nc3ccccc3OC)c2c1. The van der Waals surface area contributed by atoms with Crippen molar-refractivity contribution in [2.24, 2.45) is 0 Å². The van der Waals surface area contributed by atoms with Crippen LogP contribution in [-0.2, 0) is 11.2 Å². The first-order valence-corrected chi connectivity index (χ1v) is 7.28. The van der Waals surface area contributed by atoms with Crippen molar-refractivity contribution in [3.8, 4) is 11.5 Å². The van der Waals surface area contributed by atoms with Gasteiger partial charge in [-0.05, 0) is 35.9 Å². The number of anilines is 1. The molecule has 0 saturated heterocycles. The van der Waals surface area contributed by atoms with Crippen LogP contribution in [0, 0.1) is 0 Å². The smallest absolute Gasteiger partial charge is 0.228 e. The van der Waals surface area contributed by atoms with Gasteiger partial charge in [0.25, 0.3) is 0 Å². The maximum Gasteiger partial charge on any atom is 0.228 e. The number of benzene rings is 2. The fraction of sp³-hybridized carbons (Fsp3) is 0.167. The number of aromatic nitrogens is 1. The van der Waals surface area contributed by atoms with Crippen LogP contribution in [-0.4, -0.2) is 25.1 Å². The van der Waals surface area contributed by atoms with Crippen molar-refractivity contribution in [1.82, 2.24) is 4.98 Å². The highest BCUT2D eigenvalue weighted by Gasteiger charge is 2.11. The normalized spacial score (nSPS) is 10.5. The maximum atomic E-state index is 12.3. The molecule has 0 bridgehead atoms. The fourth-order valence-electron chi connectivity index (χ4n) is 2.55. The van der Waals surface area contributed by atoms with E-state index in [2.05, 4.69) is 10.3 Å². The van der Waals surface area contributed by atoms with Crippen molar-refractivity contribution in [3.63, 3.8) is 0 Å². The first-order chi connectivity index (χ1) is 11.2. The van der Waals surface area contributed by atoms with Gasteiger partial charge in [-0.15, -0.1) is 0 Å². The number of amides is 1. The van der Waals surface area contributed by atoms with Gasteiger partial charge in [0, 0.05) is 17.1 Å². The van der Waals surface area contributed by atoms with Crippen LogP contribution in [0.1, 0.15) is 5.56 Å². The highest BCUT2D eigenvalue weighted by Crippen LogP contribution is 2.26. The van der Waals surface area contributed by atoms with E-state index in [0.717, 1.165) is 22.2 Å². The monoisotopic (exact) mass is 310 g/mol. The van der Waals surface area contributed by atoms with Crippen molar-refractivity contribution in [2.75, 3.05) is 19.5 Å². The van der Waals surface area contributed by atoms with Crippen LogP contribution in [0.2, 0.25) is 0 Å². The Morgan fingerprint density at radius 3 is 2.74 bits per heavy atom. The highest BCUT2D eigenvalue weighted by molar-refractivity contribution is 5.97. The lowest BCUT2D eigenvalue weighted by Crippen LogP contribution is -2.14. The molecular weight excluding hydrogens is 292 g/mol. The van der Waals surface area contributed by atoms with E-state index in [4.69, 9.17) is 9.47 Å². The summed E-state index contributed by atoms with van der Waals surface area (Å²) in [6, 6.07) is 13.1. The van der Waals surface area contributed by atoms with E-state index in [0.29, 0.717) is 11.4 Å². The Labute approximate surface area is 134 Å². The Balaban J connectivity index is 1.80.